The summed E-state index contributed by atoms with van der Waals surface area (Å²) in [6.07, 6.45) is 8.24. The SMILES string of the molecule is CCCNC1CCCC1CCN(CC)CCC. The fourth-order valence-electron chi connectivity index (χ4n) is 3.07. The highest BCUT2D eigenvalue weighted by Gasteiger charge is 2.26. The van der Waals surface area contributed by atoms with Gasteiger partial charge in [0, 0.05) is 6.04 Å². The van der Waals surface area contributed by atoms with Crippen LogP contribution in [0, 0.1) is 5.92 Å². The molecule has 2 atom stereocenters. The van der Waals surface area contributed by atoms with E-state index in [4.69, 9.17) is 0 Å². The molecule has 0 saturated heterocycles. The van der Waals surface area contributed by atoms with Gasteiger partial charge in [0.1, 0.15) is 0 Å². The lowest BCUT2D eigenvalue weighted by molar-refractivity contribution is 0.251. The highest BCUT2D eigenvalue weighted by molar-refractivity contribution is 4.83. The molecule has 2 heteroatoms. The Bertz CT molecular complexity index is 182. The van der Waals surface area contributed by atoms with Gasteiger partial charge in [0.25, 0.3) is 0 Å². The zero-order valence-corrected chi connectivity index (χ0v) is 12.2. The van der Waals surface area contributed by atoms with Crippen LogP contribution in [0.15, 0.2) is 0 Å². The summed E-state index contributed by atoms with van der Waals surface area (Å²) in [5.74, 6) is 0.937. The van der Waals surface area contributed by atoms with Crippen molar-refractivity contribution in [2.45, 2.75) is 65.3 Å². The molecule has 0 radical (unpaired) electrons. The van der Waals surface area contributed by atoms with Crippen molar-refractivity contribution in [2.75, 3.05) is 26.2 Å². The third-order valence-electron chi connectivity index (χ3n) is 4.12. The highest BCUT2D eigenvalue weighted by atomic mass is 15.1. The van der Waals surface area contributed by atoms with Crippen LogP contribution in [0.1, 0.15) is 59.3 Å². The summed E-state index contributed by atoms with van der Waals surface area (Å²) in [5, 5.41) is 3.74. The largest absolute Gasteiger partial charge is 0.314 e. The van der Waals surface area contributed by atoms with Gasteiger partial charge in [-0.2, -0.15) is 0 Å². The predicted octanol–water partition coefficient (Wildman–Crippen LogP) is 3.28. The summed E-state index contributed by atoms with van der Waals surface area (Å²) in [6.45, 7) is 11.8. The lowest BCUT2D eigenvalue weighted by atomic mass is 9.99. The van der Waals surface area contributed by atoms with Gasteiger partial charge in [-0.15, -0.1) is 0 Å². The molecule has 0 aromatic carbocycles. The van der Waals surface area contributed by atoms with Crippen molar-refractivity contribution in [3.8, 4) is 0 Å². The molecule has 1 aliphatic rings. The molecule has 2 unspecified atom stereocenters. The van der Waals surface area contributed by atoms with Gasteiger partial charge in [0.2, 0.25) is 0 Å². The van der Waals surface area contributed by atoms with Crippen molar-refractivity contribution >= 4 is 0 Å². The summed E-state index contributed by atoms with van der Waals surface area (Å²) >= 11 is 0. The maximum Gasteiger partial charge on any atom is 0.00958 e. The molecule has 0 amide bonds. The first-order valence-electron chi connectivity index (χ1n) is 7.77. The second-order valence-corrected chi connectivity index (χ2v) is 5.47. The molecular formula is C15H32N2. The van der Waals surface area contributed by atoms with Crippen LogP contribution in [0.3, 0.4) is 0 Å². The van der Waals surface area contributed by atoms with Crippen LogP contribution >= 0.6 is 0 Å². The summed E-state index contributed by atoms with van der Waals surface area (Å²) < 4.78 is 0. The van der Waals surface area contributed by atoms with E-state index in [2.05, 4.69) is 31.0 Å². The molecule has 0 heterocycles. The second kappa shape index (κ2) is 8.93. The zero-order valence-electron chi connectivity index (χ0n) is 12.2. The molecule has 102 valence electrons. The molecular weight excluding hydrogens is 208 g/mol. The Morgan fingerprint density at radius 2 is 1.88 bits per heavy atom. The van der Waals surface area contributed by atoms with E-state index in [1.165, 1.54) is 64.7 Å². The Hall–Kier alpha value is -0.0800. The molecule has 1 aliphatic carbocycles. The fourth-order valence-corrected chi connectivity index (χ4v) is 3.07. The first-order chi connectivity index (χ1) is 8.31. The molecule has 0 bridgehead atoms. The van der Waals surface area contributed by atoms with Crippen LogP contribution < -0.4 is 5.32 Å². The van der Waals surface area contributed by atoms with E-state index in [-0.39, 0.29) is 0 Å². The van der Waals surface area contributed by atoms with Crippen molar-refractivity contribution < 1.29 is 0 Å². The third-order valence-corrected chi connectivity index (χ3v) is 4.12. The Kier molecular flexibility index (Phi) is 7.87. The minimum Gasteiger partial charge on any atom is -0.314 e. The van der Waals surface area contributed by atoms with Crippen molar-refractivity contribution in [3.63, 3.8) is 0 Å². The summed E-state index contributed by atoms with van der Waals surface area (Å²) in [7, 11) is 0. The maximum atomic E-state index is 3.74. The minimum atomic E-state index is 0.815. The van der Waals surface area contributed by atoms with E-state index in [0.29, 0.717) is 0 Å². The molecule has 2 nitrogen and oxygen atoms in total. The molecule has 0 spiro atoms. The molecule has 0 aromatic heterocycles. The van der Waals surface area contributed by atoms with Gasteiger partial charge in [-0.3, -0.25) is 0 Å². The Balaban J connectivity index is 2.24. The van der Waals surface area contributed by atoms with Crippen molar-refractivity contribution in [1.82, 2.24) is 10.2 Å². The number of nitrogens with zero attached hydrogens (tertiary/aromatic N) is 1. The normalized spacial score (nSPS) is 24.7. The molecule has 1 saturated carbocycles. The van der Waals surface area contributed by atoms with Gasteiger partial charge in [-0.1, -0.05) is 27.2 Å². The van der Waals surface area contributed by atoms with Crippen molar-refractivity contribution in [1.29, 1.82) is 0 Å². The first-order valence-corrected chi connectivity index (χ1v) is 7.77. The number of rotatable bonds is 9. The Labute approximate surface area is 108 Å². The average Bonchev–Trinajstić information content (AvgIpc) is 2.79. The van der Waals surface area contributed by atoms with Crippen LogP contribution in [0.25, 0.3) is 0 Å². The van der Waals surface area contributed by atoms with E-state index < -0.39 is 0 Å². The highest BCUT2D eigenvalue weighted by Crippen LogP contribution is 2.28. The quantitative estimate of drug-likeness (QED) is 0.665. The Morgan fingerprint density at radius 1 is 1.06 bits per heavy atom. The van der Waals surface area contributed by atoms with E-state index in [9.17, 15) is 0 Å². The average molecular weight is 240 g/mol. The smallest absolute Gasteiger partial charge is 0.00958 e. The van der Waals surface area contributed by atoms with Crippen molar-refractivity contribution in [2.24, 2.45) is 5.92 Å². The first kappa shape index (κ1) is 15.0. The van der Waals surface area contributed by atoms with Crippen molar-refractivity contribution in [3.05, 3.63) is 0 Å². The van der Waals surface area contributed by atoms with Crippen LogP contribution in [0.4, 0.5) is 0 Å². The molecule has 1 rings (SSSR count). The van der Waals surface area contributed by atoms with Gasteiger partial charge >= 0.3 is 0 Å². The molecule has 0 aromatic rings. The van der Waals surface area contributed by atoms with E-state index in [1.54, 1.807) is 0 Å². The Morgan fingerprint density at radius 3 is 2.53 bits per heavy atom. The van der Waals surface area contributed by atoms with Crippen LogP contribution in [0.2, 0.25) is 0 Å². The minimum absolute atomic E-state index is 0.815. The fraction of sp³-hybridized carbons (Fsp3) is 1.00. The van der Waals surface area contributed by atoms with E-state index in [0.717, 1.165) is 12.0 Å². The predicted molar refractivity (Wildman–Crippen MR) is 76.4 cm³/mol. The maximum absolute atomic E-state index is 3.74. The van der Waals surface area contributed by atoms with Crippen LogP contribution in [-0.2, 0) is 0 Å². The molecule has 1 N–H and O–H groups in total. The summed E-state index contributed by atoms with van der Waals surface area (Å²) in [4.78, 5) is 2.61. The number of hydrogen-bond donors (Lipinski definition) is 1. The van der Waals surface area contributed by atoms with Gasteiger partial charge < -0.3 is 10.2 Å². The second-order valence-electron chi connectivity index (χ2n) is 5.47. The van der Waals surface area contributed by atoms with E-state index in [1.807, 2.05) is 0 Å². The third kappa shape index (κ3) is 5.39. The van der Waals surface area contributed by atoms with Gasteiger partial charge in [-0.05, 0) is 64.2 Å². The molecule has 0 aliphatic heterocycles. The standard InChI is InChI=1S/C15H32N2/c1-4-11-16-15-9-7-8-14(15)10-13-17(6-3)12-5-2/h14-16H,4-13H2,1-3H3. The number of hydrogen-bond acceptors (Lipinski definition) is 2. The summed E-state index contributed by atoms with van der Waals surface area (Å²) in [5.41, 5.74) is 0. The molecule has 1 fully saturated rings. The van der Waals surface area contributed by atoms with Gasteiger partial charge in [0.05, 0.1) is 0 Å². The van der Waals surface area contributed by atoms with Crippen LogP contribution in [0.5, 0.6) is 0 Å². The van der Waals surface area contributed by atoms with Gasteiger partial charge in [0.15, 0.2) is 0 Å². The monoisotopic (exact) mass is 240 g/mol. The molecule has 17 heavy (non-hydrogen) atoms. The lowest BCUT2D eigenvalue weighted by Gasteiger charge is -2.25. The lowest BCUT2D eigenvalue weighted by Crippen LogP contribution is -2.35. The summed E-state index contributed by atoms with van der Waals surface area (Å²) in [6, 6.07) is 0.815. The number of nitrogens with one attached hydrogen (secondary N) is 1. The zero-order chi connectivity index (χ0) is 12.5. The topological polar surface area (TPSA) is 15.3 Å². The van der Waals surface area contributed by atoms with Crippen LogP contribution in [-0.4, -0.2) is 37.1 Å². The van der Waals surface area contributed by atoms with Gasteiger partial charge in [-0.25, -0.2) is 0 Å². The van der Waals surface area contributed by atoms with E-state index >= 15 is 0 Å².